The van der Waals surface area contributed by atoms with Gasteiger partial charge in [-0.25, -0.2) is 14.4 Å². The van der Waals surface area contributed by atoms with Crippen LogP contribution in [0.3, 0.4) is 0 Å². The Morgan fingerprint density at radius 2 is 1.94 bits per heavy atom. The fourth-order valence-corrected chi connectivity index (χ4v) is 4.54. The smallest absolute Gasteiger partial charge is 0.251 e. The monoisotopic (exact) mass is 484 g/mol. The second-order valence-electron chi connectivity index (χ2n) is 9.75. The van der Waals surface area contributed by atoms with E-state index in [4.69, 9.17) is 9.72 Å². The van der Waals surface area contributed by atoms with E-state index in [-0.39, 0.29) is 19.1 Å². The third-order valence-corrected chi connectivity index (χ3v) is 6.84. The molecule has 8 heteroatoms. The standard InChI is InChI=1S/C28H25FN4O3/c1-27(29)16-36-15-19-6-5-17(11-21(19)27)26(34)31-14-20-12-24-18(13-30-20)7-8-23(32-24)22-3-2-4-25(33-22)28(35)9-10-28/h2-8,11-13,35H,9-10,14-16H2,1H3,(H,31,34)/t27-/m1/s1. The fraction of sp³-hybridized carbons (Fsp3) is 0.286. The van der Waals surface area contributed by atoms with Gasteiger partial charge < -0.3 is 15.2 Å². The molecule has 1 aliphatic heterocycles. The number of alkyl halides is 1. The molecule has 4 aromatic rings. The molecule has 4 heterocycles. The Kier molecular flexibility index (Phi) is 5.31. The minimum Gasteiger partial charge on any atom is -0.384 e. The molecule has 1 aromatic carbocycles. The van der Waals surface area contributed by atoms with Crippen LogP contribution in [0.1, 0.15) is 52.6 Å². The highest BCUT2D eigenvalue weighted by molar-refractivity contribution is 5.94. The fourth-order valence-electron chi connectivity index (χ4n) is 4.54. The zero-order chi connectivity index (χ0) is 24.9. The summed E-state index contributed by atoms with van der Waals surface area (Å²) in [6, 6.07) is 16.3. The van der Waals surface area contributed by atoms with Crippen molar-refractivity contribution in [2.24, 2.45) is 0 Å². The van der Waals surface area contributed by atoms with Gasteiger partial charge in [0.15, 0.2) is 5.67 Å². The van der Waals surface area contributed by atoms with Crippen molar-refractivity contribution in [2.45, 2.75) is 44.2 Å². The quantitative estimate of drug-likeness (QED) is 0.438. The van der Waals surface area contributed by atoms with Crippen molar-refractivity contribution >= 4 is 16.8 Å². The number of hydrogen-bond acceptors (Lipinski definition) is 6. The first kappa shape index (κ1) is 22.7. The van der Waals surface area contributed by atoms with Gasteiger partial charge in [-0.3, -0.25) is 9.78 Å². The highest BCUT2D eigenvalue weighted by Gasteiger charge is 2.43. The first-order valence-corrected chi connectivity index (χ1v) is 12.0. The van der Waals surface area contributed by atoms with Crippen molar-refractivity contribution < 1.29 is 19.0 Å². The van der Waals surface area contributed by atoms with Gasteiger partial charge in [0, 0.05) is 17.1 Å². The molecule has 36 heavy (non-hydrogen) atoms. The molecule has 0 spiro atoms. The van der Waals surface area contributed by atoms with E-state index in [1.807, 2.05) is 36.4 Å². The lowest BCUT2D eigenvalue weighted by Crippen LogP contribution is -2.30. The molecule has 1 amide bonds. The molecule has 2 aliphatic rings. The number of nitrogens with one attached hydrogen (secondary N) is 1. The molecule has 2 N–H and O–H groups in total. The Bertz CT molecular complexity index is 1500. The summed E-state index contributed by atoms with van der Waals surface area (Å²) >= 11 is 0. The summed E-state index contributed by atoms with van der Waals surface area (Å²) in [6.45, 7) is 1.98. The van der Waals surface area contributed by atoms with Crippen LogP contribution in [-0.2, 0) is 29.2 Å². The second kappa shape index (κ2) is 8.43. The van der Waals surface area contributed by atoms with E-state index in [0.29, 0.717) is 40.5 Å². The number of halogens is 1. The summed E-state index contributed by atoms with van der Waals surface area (Å²) in [5, 5.41) is 14.1. The molecule has 0 bridgehead atoms. The molecule has 6 rings (SSSR count). The van der Waals surface area contributed by atoms with Crippen LogP contribution >= 0.6 is 0 Å². The lowest BCUT2D eigenvalue weighted by atomic mass is 9.90. The van der Waals surface area contributed by atoms with Gasteiger partial charge in [0.1, 0.15) is 5.60 Å². The maximum atomic E-state index is 14.9. The van der Waals surface area contributed by atoms with Crippen LogP contribution in [0.2, 0.25) is 0 Å². The largest absolute Gasteiger partial charge is 0.384 e. The van der Waals surface area contributed by atoms with Gasteiger partial charge in [0.25, 0.3) is 5.91 Å². The molecule has 1 atom stereocenters. The average Bonchev–Trinajstić information content (AvgIpc) is 3.65. The van der Waals surface area contributed by atoms with Crippen molar-refractivity contribution in [3.8, 4) is 11.4 Å². The van der Waals surface area contributed by atoms with Crippen LogP contribution in [0.15, 0.2) is 60.8 Å². The summed E-state index contributed by atoms with van der Waals surface area (Å²) in [4.78, 5) is 26.6. The zero-order valence-corrected chi connectivity index (χ0v) is 19.8. The topological polar surface area (TPSA) is 97.2 Å². The Morgan fingerprint density at radius 1 is 1.11 bits per heavy atom. The predicted octanol–water partition coefficient (Wildman–Crippen LogP) is 4.32. The maximum absolute atomic E-state index is 14.9. The molecule has 0 radical (unpaired) electrons. The number of aliphatic hydroxyl groups is 1. The number of pyridine rings is 3. The van der Waals surface area contributed by atoms with Crippen molar-refractivity contribution in [3.05, 3.63) is 88.9 Å². The van der Waals surface area contributed by atoms with Gasteiger partial charge in [-0.2, -0.15) is 0 Å². The molecule has 1 saturated carbocycles. The summed E-state index contributed by atoms with van der Waals surface area (Å²) in [7, 11) is 0. The molecule has 0 unspecified atom stereocenters. The van der Waals surface area contributed by atoms with Crippen LogP contribution in [0.4, 0.5) is 4.39 Å². The molecule has 3 aromatic heterocycles. The number of ether oxygens (including phenoxy) is 1. The minimum atomic E-state index is -1.63. The number of carbonyl (C=O) groups excluding carboxylic acids is 1. The van der Waals surface area contributed by atoms with Crippen LogP contribution in [0.25, 0.3) is 22.3 Å². The number of benzene rings is 1. The average molecular weight is 485 g/mol. The molecule has 1 aliphatic carbocycles. The third kappa shape index (κ3) is 4.23. The summed E-state index contributed by atoms with van der Waals surface area (Å²) in [5.74, 6) is -0.303. The van der Waals surface area contributed by atoms with Gasteiger partial charge in [-0.1, -0.05) is 12.1 Å². The Hall–Kier alpha value is -3.75. The van der Waals surface area contributed by atoms with E-state index < -0.39 is 11.3 Å². The van der Waals surface area contributed by atoms with E-state index in [2.05, 4.69) is 15.3 Å². The van der Waals surface area contributed by atoms with Crippen LogP contribution in [0.5, 0.6) is 0 Å². The maximum Gasteiger partial charge on any atom is 0.251 e. The predicted molar refractivity (Wildman–Crippen MR) is 132 cm³/mol. The van der Waals surface area contributed by atoms with Crippen LogP contribution in [0, 0.1) is 0 Å². The first-order valence-electron chi connectivity index (χ1n) is 12.0. The Labute approximate surface area is 207 Å². The molecular formula is C28H25FN4O3. The highest BCUT2D eigenvalue weighted by Crippen LogP contribution is 2.44. The molecule has 182 valence electrons. The van der Waals surface area contributed by atoms with Crippen molar-refractivity contribution in [1.82, 2.24) is 20.3 Å². The third-order valence-electron chi connectivity index (χ3n) is 6.84. The zero-order valence-electron chi connectivity index (χ0n) is 19.8. The Morgan fingerprint density at radius 3 is 2.78 bits per heavy atom. The number of carbonyl (C=O) groups is 1. The van der Waals surface area contributed by atoms with E-state index in [0.717, 1.165) is 29.3 Å². The van der Waals surface area contributed by atoms with Crippen LogP contribution in [-0.4, -0.2) is 32.6 Å². The second-order valence-corrected chi connectivity index (χ2v) is 9.75. The lowest BCUT2D eigenvalue weighted by molar-refractivity contribution is -0.00467. The number of amides is 1. The van der Waals surface area contributed by atoms with Gasteiger partial charge >= 0.3 is 0 Å². The number of rotatable bonds is 5. The normalized spacial score (nSPS) is 20.1. The number of nitrogens with zero attached hydrogens (tertiary/aromatic N) is 3. The SMILES string of the molecule is C[C@@]1(F)COCc2ccc(C(=O)NCc3cc4nc(-c5cccc(C6(O)CC6)n5)ccc4cn3)cc21. The molecule has 0 saturated heterocycles. The van der Waals surface area contributed by atoms with Crippen molar-refractivity contribution in [2.75, 3.05) is 6.61 Å². The van der Waals surface area contributed by atoms with E-state index in [1.54, 1.807) is 24.4 Å². The van der Waals surface area contributed by atoms with E-state index in [1.165, 1.54) is 6.92 Å². The Balaban J connectivity index is 1.21. The van der Waals surface area contributed by atoms with Crippen molar-refractivity contribution in [3.63, 3.8) is 0 Å². The van der Waals surface area contributed by atoms with Gasteiger partial charge in [-0.15, -0.1) is 0 Å². The highest BCUT2D eigenvalue weighted by atomic mass is 19.1. The van der Waals surface area contributed by atoms with Gasteiger partial charge in [0.05, 0.1) is 48.1 Å². The number of fused-ring (bicyclic) bond motifs is 2. The van der Waals surface area contributed by atoms with Crippen molar-refractivity contribution in [1.29, 1.82) is 0 Å². The van der Waals surface area contributed by atoms with Gasteiger partial charge in [0.2, 0.25) is 0 Å². The van der Waals surface area contributed by atoms with Crippen LogP contribution < -0.4 is 5.32 Å². The lowest BCUT2D eigenvalue weighted by Gasteiger charge is -2.29. The van der Waals surface area contributed by atoms with Gasteiger partial charge in [-0.05, 0) is 73.4 Å². The molecule has 1 fully saturated rings. The molecular weight excluding hydrogens is 459 g/mol. The summed E-state index contributed by atoms with van der Waals surface area (Å²) < 4.78 is 20.2. The van der Waals surface area contributed by atoms with E-state index in [9.17, 15) is 14.3 Å². The number of hydrogen-bond donors (Lipinski definition) is 2. The summed E-state index contributed by atoms with van der Waals surface area (Å²) in [6.07, 6.45) is 3.17. The summed E-state index contributed by atoms with van der Waals surface area (Å²) in [5.41, 5.74) is 2.64. The first-order chi connectivity index (χ1) is 17.3. The molecule has 7 nitrogen and oxygen atoms in total. The van der Waals surface area contributed by atoms with E-state index >= 15 is 0 Å². The number of aromatic nitrogens is 3. The minimum absolute atomic E-state index is 0.0260.